The monoisotopic (exact) mass is 227 g/mol. The van der Waals surface area contributed by atoms with Gasteiger partial charge in [0.1, 0.15) is 5.01 Å². The summed E-state index contributed by atoms with van der Waals surface area (Å²) in [5.74, 6) is -0.127. The van der Waals surface area contributed by atoms with Crippen molar-refractivity contribution < 1.29 is 4.79 Å². The van der Waals surface area contributed by atoms with Crippen molar-refractivity contribution in [1.82, 2.24) is 10.3 Å². The second-order valence-corrected chi connectivity index (χ2v) is 4.78. The summed E-state index contributed by atoms with van der Waals surface area (Å²) in [7, 11) is 0. The molecule has 0 spiro atoms. The van der Waals surface area contributed by atoms with Crippen LogP contribution in [0, 0.1) is 6.92 Å². The highest BCUT2D eigenvalue weighted by Gasteiger charge is 2.25. The molecule has 3 N–H and O–H groups in total. The molecule has 1 unspecified atom stereocenters. The molecule has 15 heavy (non-hydrogen) atoms. The van der Waals surface area contributed by atoms with E-state index in [-0.39, 0.29) is 5.91 Å². The number of carbonyl (C=O) groups excluding carboxylic acids is 1. The molecule has 1 aromatic rings. The van der Waals surface area contributed by atoms with Gasteiger partial charge in [-0.15, -0.1) is 11.3 Å². The molecule has 0 aliphatic carbocycles. The number of nitrogens with one attached hydrogen (secondary N) is 1. The predicted octanol–water partition coefficient (Wildman–Crippen LogP) is 1.20. The zero-order chi connectivity index (χ0) is 11.5. The fourth-order valence-corrected chi connectivity index (χ4v) is 1.71. The van der Waals surface area contributed by atoms with Gasteiger partial charge in [0.15, 0.2) is 0 Å². The van der Waals surface area contributed by atoms with E-state index in [1.54, 1.807) is 18.3 Å². The van der Waals surface area contributed by atoms with Crippen molar-refractivity contribution in [3.63, 3.8) is 0 Å². The number of rotatable bonds is 4. The van der Waals surface area contributed by atoms with Gasteiger partial charge in [0.25, 0.3) is 0 Å². The van der Waals surface area contributed by atoms with E-state index in [0.29, 0.717) is 13.0 Å². The Labute approximate surface area is 93.9 Å². The Morgan fingerprint density at radius 1 is 1.73 bits per heavy atom. The topological polar surface area (TPSA) is 68.0 Å². The van der Waals surface area contributed by atoms with Crippen LogP contribution in [-0.4, -0.2) is 16.4 Å². The lowest BCUT2D eigenvalue weighted by atomic mass is 10.00. The maximum Gasteiger partial charge on any atom is 0.240 e. The van der Waals surface area contributed by atoms with E-state index >= 15 is 0 Å². The van der Waals surface area contributed by atoms with E-state index < -0.39 is 5.54 Å². The lowest BCUT2D eigenvalue weighted by Gasteiger charge is -2.20. The van der Waals surface area contributed by atoms with Gasteiger partial charge in [0, 0.05) is 11.1 Å². The zero-order valence-electron chi connectivity index (χ0n) is 9.33. The minimum atomic E-state index is -0.785. The van der Waals surface area contributed by atoms with Gasteiger partial charge < -0.3 is 11.1 Å². The van der Waals surface area contributed by atoms with Crippen LogP contribution in [0.2, 0.25) is 0 Å². The molecule has 0 fully saturated rings. The average Bonchev–Trinajstić information content (AvgIpc) is 2.60. The molecule has 0 aromatic carbocycles. The average molecular weight is 227 g/mol. The molecule has 84 valence electrons. The normalized spacial score (nSPS) is 14.7. The third kappa shape index (κ3) is 3.28. The lowest BCUT2D eigenvalue weighted by molar-refractivity contribution is -0.126. The molecule has 0 saturated carbocycles. The number of thiazole rings is 1. The molecule has 1 rings (SSSR count). The van der Waals surface area contributed by atoms with Gasteiger partial charge in [-0.25, -0.2) is 4.98 Å². The molecule has 0 saturated heterocycles. The number of carbonyl (C=O) groups is 1. The molecule has 4 nitrogen and oxygen atoms in total. The molecular weight excluding hydrogens is 210 g/mol. The van der Waals surface area contributed by atoms with Gasteiger partial charge in [-0.1, -0.05) is 6.92 Å². The van der Waals surface area contributed by atoms with E-state index in [9.17, 15) is 4.79 Å². The Hall–Kier alpha value is -0.940. The second kappa shape index (κ2) is 4.72. The molecule has 0 bridgehead atoms. The number of aryl methyl sites for hydroxylation is 1. The first-order valence-electron chi connectivity index (χ1n) is 4.94. The van der Waals surface area contributed by atoms with Crippen LogP contribution in [0.15, 0.2) is 5.38 Å². The van der Waals surface area contributed by atoms with Gasteiger partial charge >= 0.3 is 0 Å². The predicted molar refractivity (Wildman–Crippen MR) is 61.6 cm³/mol. The van der Waals surface area contributed by atoms with Crippen LogP contribution in [0.3, 0.4) is 0 Å². The number of nitrogens with two attached hydrogens (primary N) is 1. The number of aromatic nitrogens is 1. The Morgan fingerprint density at radius 3 is 2.87 bits per heavy atom. The lowest BCUT2D eigenvalue weighted by Crippen LogP contribution is -2.50. The number of nitrogens with zero attached hydrogens (tertiary/aromatic N) is 1. The fourth-order valence-electron chi connectivity index (χ4n) is 1.00. The third-order valence-electron chi connectivity index (χ3n) is 2.32. The maximum absolute atomic E-state index is 11.6. The Kier molecular flexibility index (Phi) is 3.82. The van der Waals surface area contributed by atoms with E-state index in [4.69, 9.17) is 5.73 Å². The first kappa shape index (κ1) is 12.1. The molecule has 0 aliphatic heterocycles. The highest BCUT2D eigenvalue weighted by atomic mass is 32.1. The minimum absolute atomic E-state index is 0.127. The van der Waals surface area contributed by atoms with Crippen molar-refractivity contribution in [2.24, 2.45) is 5.73 Å². The van der Waals surface area contributed by atoms with Crippen molar-refractivity contribution in [2.75, 3.05) is 0 Å². The Balaban J connectivity index is 2.47. The highest BCUT2D eigenvalue weighted by molar-refractivity contribution is 7.09. The van der Waals surface area contributed by atoms with Crippen LogP contribution in [0.5, 0.6) is 0 Å². The summed E-state index contributed by atoms with van der Waals surface area (Å²) in [6.07, 6.45) is 0.621. The van der Waals surface area contributed by atoms with E-state index in [1.165, 1.54) is 0 Å². The number of hydrogen-bond acceptors (Lipinski definition) is 4. The van der Waals surface area contributed by atoms with E-state index in [2.05, 4.69) is 10.3 Å². The summed E-state index contributed by atoms with van der Waals surface area (Å²) in [5.41, 5.74) is 6.00. The van der Waals surface area contributed by atoms with Crippen molar-refractivity contribution in [3.8, 4) is 0 Å². The van der Waals surface area contributed by atoms with Gasteiger partial charge in [-0.3, -0.25) is 4.79 Å². The van der Waals surface area contributed by atoms with Crippen LogP contribution in [-0.2, 0) is 11.3 Å². The second-order valence-electron chi connectivity index (χ2n) is 3.84. The van der Waals surface area contributed by atoms with E-state index in [0.717, 1.165) is 10.7 Å². The minimum Gasteiger partial charge on any atom is -0.348 e. The highest BCUT2D eigenvalue weighted by Crippen LogP contribution is 2.09. The molecule has 0 aliphatic rings. The third-order valence-corrected chi connectivity index (χ3v) is 3.29. The first-order valence-corrected chi connectivity index (χ1v) is 5.82. The summed E-state index contributed by atoms with van der Waals surface area (Å²) in [5, 5.41) is 5.66. The van der Waals surface area contributed by atoms with Gasteiger partial charge in [0.05, 0.1) is 12.1 Å². The summed E-state index contributed by atoms with van der Waals surface area (Å²) in [4.78, 5) is 15.9. The summed E-state index contributed by atoms with van der Waals surface area (Å²) in [6, 6.07) is 0. The largest absolute Gasteiger partial charge is 0.348 e. The summed E-state index contributed by atoms with van der Waals surface area (Å²) in [6.45, 7) is 6.02. The summed E-state index contributed by atoms with van der Waals surface area (Å²) < 4.78 is 0. The molecular formula is C10H17N3OS. The molecule has 1 atom stereocenters. The molecule has 0 radical (unpaired) electrons. The van der Waals surface area contributed by atoms with Crippen LogP contribution >= 0.6 is 11.3 Å². The summed E-state index contributed by atoms with van der Waals surface area (Å²) >= 11 is 1.54. The SMILES string of the molecule is CCC(C)(N)C(=O)NCc1nc(C)cs1. The molecule has 5 heteroatoms. The fraction of sp³-hybridized carbons (Fsp3) is 0.600. The van der Waals surface area contributed by atoms with Crippen LogP contribution in [0.1, 0.15) is 31.0 Å². The van der Waals surface area contributed by atoms with Crippen LogP contribution in [0.4, 0.5) is 0 Å². The number of amides is 1. The van der Waals surface area contributed by atoms with Crippen molar-refractivity contribution >= 4 is 17.2 Å². The zero-order valence-corrected chi connectivity index (χ0v) is 10.1. The Morgan fingerprint density at radius 2 is 2.40 bits per heavy atom. The molecule has 1 heterocycles. The van der Waals surface area contributed by atoms with Crippen LogP contribution in [0.25, 0.3) is 0 Å². The molecule has 1 aromatic heterocycles. The maximum atomic E-state index is 11.6. The molecule has 1 amide bonds. The van der Waals surface area contributed by atoms with Gasteiger partial charge in [-0.05, 0) is 20.3 Å². The smallest absolute Gasteiger partial charge is 0.240 e. The quantitative estimate of drug-likeness (QED) is 0.812. The van der Waals surface area contributed by atoms with Crippen molar-refractivity contribution in [3.05, 3.63) is 16.1 Å². The van der Waals surface area contributed by atoms with E-state index in [1.807, 2.05) is 19.2 Å². The van der Waals surface area contributed by atoms with Gasteiger partial charge in [0.2, 0.25) is 5.91 Å². The standard InChI is InChI=1S/C10H17N3OS/c1-4-10(3,11)9(14)12-5-8-13-7(2)6-15-8/h6H,4-5,11H2,1-3H3,(H,12,14). The number of hydrogen-bond donors (Lipinski definition) is 2. The first-order chi connectivity index (χ1) is 6.95. The van der Waals surface area contributed by atoms with Crippen molar-refractivity contribution in [1.29, 1.82) is 0 Å². The van der Waals surface area contributed by atoms with Crippen molar-refractivity contribution in [2.45, 2.75) is 39.3 Å². The van der Waals surface area contributed by atoms with Crippen LogP contribution < -0.4 is 11.1 Å². The van der Waals surface area contributed by atoms with Gasteiger partial charge in [-0.2, -0.15) is 0 Å². The Bertz CT molecular complexity index is 346.